The van der Waals surface area contributed by atoms with Crippen LogP contribution in [-0.4, -0.2) is 42.4 Å². The molecule has 0 aromatic heterocycles. The Hall–Kier alpha value is -0.900. The maximum atomic E-state index is 9.31. The lowest BCUT2D eigenvalue weighted by molar-refractivity contribution is 0.0342. The molecule has 1 N–H and O–H groups in total. The summed E-state index contributed by atoms with van der Waals surface area (Å²) in [5, 5.41) is 9.31. The zero-order valence-corrected chi connectivity index (χ0v) is 10.4. The highest BCUT2D eigenvalue weighted by Crippen LogP contribution is 2.10. The van der Waals surface area contributed by atoms with Crippen molar-refractivity contribution in [1.29, 1.82) is 0 Å². The third-order valence-electron chi connectivity index (χ3n) is 3.06. The Morgan fingerprint density at radius 3 is 2.35 bits per heavy atom. The van der Waals surface area contributed by atoms with Crippen molar-refractivity contribution >= 4 is 0 Å². The van der Waals surface area contributed by atoms with Gasteiger partial charge in [0.05, 0.1) is 19.3 Å². The molecule has 94 valence electrons. The number of aliphatic hydroxyl groups excluding tert-OH is 1. The highest BCUT2D eigenvalue weighted by Gasteiger charge is 2.10. The summed E-state index contributed by atoms with van der Waals surface area (Å²) in [6, 6.07) is 8.55. The fraction of sp³-hybridized carbons (Fsp3) is 0.571. The third kappa shape index (κ3) is 4.11. The molecule has 0 radical (unpaired) electrons. The summed E-state index contributed by atoms with van der Waals surface area (Å²) in [6.07, 6.45) is 0.470. The molecule has 1 saturated heterocycles. The number of hydrogen-bond acceptors (Lipinski definition) is 3. The molecule has 0 saturated carbocycles. The Balaban J connectivity index is 1.88. The number of morpholine rings is 1. The van der Waals surface area contributed by atoms with Crippen LogP contribution in [-0.2, 0) is 17.7 Å². The molecule has 1 heterocycles. The predicted molar refractivity (Wildman–Crippen MR) is 67.9 cm³/mol. The van der Waals surface area contributed by atoms with Gasteiger partial charge in [-0.25, -0.2) is 0 Å². The van der Waals surface area contributed by atoms with Gasteiger partial charge in [-0.15, -0.1) is 0 Å². The van der Waals surface area contributed by atoms with Crippen LogP contribution in [0.15, 0.2) is 24.3 Å². The number of ether oxygens (including phenoxy) is 1. The van der Waals surface area contributed by atoms with Crippen molar-refractivity contribution in [2.75, 3.05) is 26.3 Å². The standard InChI is InChI=1S/C14H21NO2/c1-12(16)10-13-2-4-14(5-3-13)11-15-6-8-17-9-7-15/h2-5,12,16H,6-11H2,1H3/t12-/m0/s1. The first kappa shape index (κ1) is 12.6. The molecule has 0 aliphatic carbocycles. The smallest absolute Gasteiger partial charge is 0.0594 e. The fourth-order valence-corrected chi connectivity index (χ4v) is 2.14. The Kier molecular flexibility index (Phi) is 4.54. The van der Waals surface area contributed by atoms with E-state index < -0.39 is 0 Å². The first-order chi connectivity index (χ1) is 8.24. The summed E-state index contributed by atoms with van der Waals surface area (Å²) in [5.41, 5.74) is 2.53. The van der Waals surface area contributed by atoms with Crippen LogP contribution in [0.2, 0.25) is 0 Å². The number of hydrogen-bond donors (Lipinski definition) is 1. The SMILES string of the molecule is C[C@H](O)Cc1ccc(CN2CCOCC2)cc1. The molecule has 0 spiro atoms. The number of nitrogens with zero attached hydrogens (tertiary/aromatic N) is 1. The lowest BCUT2D eigenvalue weighted by Crippen LogP contribution is -2.35. The topological polar surface area (TPSA) is 32.7 Å². The van der Waals surface area contributed by atoms with Crippen LogP contribution in [0.3, 0.4) is 0 Å². The second kappa shape index (κ2) is 6.15. The van der Waals surface area contributed by atoms with Crippen LogP contribution in [0.25, 0.3) is 0 Å². The Bertz CT molecular complexity index is 329. The van der Waals surface area contributed by atoms with Crippen LogP contribution in [0.4, 0.5) is 0 Å². The van der Waals surface area contributed by atoms with E-state index in [4.69, 9.17) is 4.74 Å². The monoisotopic (exact) mass is 235 g/mol. The van der Waals surface area contributed by atoms with Gasteiger partial charge in [0.25, 0.3) is 0 Å². The zero-order valence-electron chi connectivity index (χ0n) is 10.4. The minimum atomic E-state index is -0.264. The predicted octanol–water partition coefficient (Wildman–Crippen LogP) is 1.44. The van der Waals surface area contributed by atoms with E-state index in [2.05, 4.69) is 29.2 Å². The van der Waals surface area contributed by atoms with E-state index in [1.807, 2.05) is 6.92 Å². The van der Waals surface area contributed by atoms with Gasteiger partial charge in [-0.1, -0.05) is 24.3 Å². The summed E-state index contributed by atoms with van der Waals surface area (Å²) in [5.74, 6) is 0. The van der Waals surface area contributed by atoms with Gasteiger partial charge in [-0.05, 0) is 24.5 Å². The lowest BCUT2D eigenvalue weighted by atomic mass is 10.1. The van der Waals surface area contributed by atoms with Gasteiger partial charge in [0, 0.05) is 19.6 Å². The van der Waals surface area contributed by atoms with Gasteiger partial charge in [-0.3, -0.25) is 4.90 Å². The largest absolute Gasteiger partial charge is 0.393 e. The summed E-state index contributed by atoms with van der Waals surface area (Å²) in [6.45, 7) is 6.56. The lowest BCUT2D eigenvalue weighted by Gasteiger charge is -2.26. The van der Waals surface area contributed by atoms with E-state index in [1.165, 1.54) is 11.1 Å². The molecular formula is C14H21NO2. The van der Waals surface area contributed by atoms with E-state index >= 15 is 0 Å². The van der Waals surface area contributed by atoms with E-state index in [9.17, 15) is 5.11 Å². The van der Waals surface area contributed by atoms with E-state index in [0.29, 0.717) is 0 Å². The minimum absolute atomic E-state index is 0.264. The van der Waals surface area contributed by atoms with Crippen molar-refractivity contribution < 1.29 is 9.84 Å². The molecular weight excluding hydrogens is 214 g/mol. The molecule has 2 rings (SSSR count). The van der Waals surface area contributed by atoms with Gasteiger partial charge in [0.1, 0.15) is 0 Å². The van der Waals surface area contributed by atoms with Crippen LogP contribution in [0.1, 0.15) is 18.1 Å². The summed E-state index contributed by atoms with van der Waals surface area (Å²) in [4.78, 5) is 2.41. The van der Waals surface area contributed by atoms with Gasteiger partial charge in [0.15, 0.2) is 0 Å². The van der Waals surface area contributed by atoms with E-state index in [-0.39, 0.29) is 6.10 Å². The first-order valence-electron chi connectivity index (χ1n) is 6.30. The van der Waals surface area contributed by atoms with Crippen molar-refractivity contribution in [3.8, 4) is 0 Å². The van der Waals surface area contributed by atoms with E-state index in [1.54, 1.807) is 0 Å². The van der Waals surface area contributed by atoms with Gasteiger partial charge >= 0.3 is 0 Å². The normalized spacial score (nSPS) is 19.2. The van der Waals surface area contributed by atoms with Crippen LogP contribution in [0.5, 0.6) is 0 Å². The zero-order chi connectivity index (χ0) is 12.1. The number of aliphatic hydroxyl groups is 1. The molecule has 1 aromatic rings. The molecule has 0 amide bonds. The number of rotatable bonds is 4. The van der Waals surface area contributed by atoms with Crippen molar-refractivity contribution in [1.82, 2.24) is 4.90 Å². The second-order valence-electron chi connectivity index (χ2n) is 4.76. The molecule has 0 bridgehead atoms. The molecule has 1 aliphatic rings. The van der Waals surface area contributed by atoms with Crippen molar-refractivity contribution in [3.05, 3.63) is 35.4 Å². The van der Waals surface area contributed by atoms with Crippen molar-refractivity contribution in [2.24, 2.45) is 0 Å². The molecule has 17 heavy (non-hydrogen) atoms. The Morgan fingerprint density at radius 1 is 1.18 bits per heavy atom. The Morgan fingerprint density at radius 2 is 1.76 bits per heavy atom. The third-order valence-corrected chi connectivity index (χ3v) is 3.06. The van der Waals surface area contributed by atoms with Gasteiger partial charge < -0.3 is 9.84 Å². The summed E-state index contributed by atoms with van der Waals surface area (Å²) >= 11 is 0. The molecule has 1 fully saturated rings. The molecule has 1 aliphatic heterocycles. The first-order valence-corrected chi connectivity index (χ1v) is 6.30. The van der Waals surface area contributed by atoms with Gasteiger partial charge in [0.2, 0.25) is 0 Å². The maximum absolute atomic E-state index is 9.31. The summed E-state index contributed by atoms with van der Waals surface area (Å²) < 4.78 is 5.33. The fourth-order valence-electron chi connectivity index (χ4n) is 2.14. The minimum Gasteiger partial charge on any atom is -0.393 e. The molecule has 3 heteroatoms. The molecule has 0 unspecified atom stereocenters. The molecule has 3 nitrogen and oxygen atoms in total. The quantitative estimate of drug-likeness (QED) is 0.857. The molecule has 1 aromatic carbocycles. The Labute approximate surface area is 103 Å². The average Bonchev–Trinajstić information content (AvgIpc) is 2.32. The van der Waals surface area contributed by atoms with Crippen LogP contribution in [0, 0.1) is 0 Å². The average molecular weight is 235 g/mol. The van der Waals surface area contributed by atoms with Crippen molar-refractivity contribution in [2.45, 2.75) is 26.0 Å². The summed E-state index contributed by atoms with van der Waals surface area (Å²) in [7, 11) is 0. The number of benzene rings is 1. The van der Waals surface area contributed by atoms with Crippen molar-refractivity contribution in [3.63, 3.8) is 0 Å². The second-order valence-corrected chi connectivity index (χ2v) is 4.76. The van der Waals surface area contributed by atoms with Gasteiger partial charge in [-0.2, -0.15) is 0 Å². The highest BCUT2D eigenvalue weighted by atomic mass is 16.5. The van der Waals surface area contributed by atoms with E-state index in [0.717, 1.165) is 39.3 Å². The molecule has 1 atom stereocenters. The maximum Gasteiger partial charge on any atom is 0.0594 e. The van der Waals surface area contributed by atoms with Crippen LogP contribution < -0.4 is 0 Å². The highest BCUT2D eigenvalue weighted by molar-refractivity contribution is 5.23. The van der Waals surface area contributed by atoms with Crippen LogP contribution >= 0.6 is 0 Å².